The summed E-state index contributed by atoms with van der Waals surface area (Å²) >= 11 is 0. The highest BCUT2D eigenvalue weighted by molar-refractivity contribution is 5.84. The Kier molecular flexibility index (Phi) is 5.00. The third kappa shape index (κ3) is 3.76. The molecule has 4 nitrogen and oxygen atoms in total. The number of rotatable bonds is 4. The summed E-state index contributed by atoms with van der Waals surface area (Å²) in [5.74, 6) is 0.854. The van der Waals surface area contributed by atoms with Crippen molar-refractivity contribution in [2.24, 2.45) is 11.3 Å². The standard InChI is InChI=1S/C23H32N2O2/c1-17(2)21(18-6-4-3-5-7-18)22(27)24-14-12-23(13-15-24)11-10-20(26)25(16-23)19-8-9-19/h3-7,17,19,21H,8-16H2,1-2H3. The van der Waals surface area contributed by atoms with Gasteiger partial charge >= 0.3 is 0 Å². The van der Waals surface area contributed by atoms with Crippen LogP contribution < -0.4 is 0 Å². The molecular formula is C23H32N2O2. The van der Waals surface area contributed by atoms with Crippen molar-refractivity contribution in [3.63, 3.8) is 0 Å². The summed E-state index contributed by atoms with van der Waals surface area (Å²) in [6.07, 6.45) is 6.13. The highest BCUT2D eigenvalue weighted by Crippen LogP contribution is 2.44. The lowest BCUT2D eigenvalue weighted by Gasteiger charge is -2.48. The molecule has 3 fully saturated rings. The van der Waals surface area contributed by atoms with Gasteiger partial charge in [0.25, 0.3) is 0 Å². The summed E-state index contributed by atoms with van der Waals surface area (Å²) in [5, 5.41) is 0. The number of nitrogens with zero attached hydrogens (tertiary/aromatic N) is 2. The fourth-order valence-electron chi connectivity index (χ4n) is 5.04. The molecule has 1 unspecified atom stereocenters. The first kappa shape index (κ1) is 18.5. The van der Waals surface area contributed by atoms with E-state index in [9.17, 15) is 9.59 Å². The Hall–Kier alpha value is -1.84. The van der Waals surface area contributed by atoms with Crippen LogP contribution in [0, 0.1) is 11.3 Å². The SMILES string of the molecule is CC(C)C(C(=O)N1CCC2(CCC(=O)N(C3CC3)C2)CC1)c1ccccc1. The van der Waals surface area contributed by atoms with Crippen molar-refractivity contribution in [3.05, 3.63) is 35.9 Å². The summed E-state index contributed by atoms with van der Waals surface area (Å²) in [6.45, 7) is 6.87. The van der Waals surface area contributed by atoms with Crippen LogP contribution in [-0.4, -0.2) is 47.3 Å². The minimum Gasteiger partial charge on any atom is -0.342 e. The van der Waals surface area contributed by atoms with Crippen molar-refractivity contribution in [2.75, 3.05) is 19.6 Å². The number of benzene rings is 1. The number of carbonyl (C=O) groups is 2. The molecule has 1 atom stereocenters. The Bertz CT molecular complexity index is 688. The molecule has 27 heavy (non-hydrogen) atoms. The van der Waals surface area contributed by atoms with E-state index in [2.05, 4.69) is 35.8 Å². The van der Waals surface area contributed by atoms with Gasteiger partial charge in [0.2, 0.25) is 11.8 Å². The highest BCUT2D eigenvalue weighted by atomic mass is 16.2. The van der Waals surface area contributed by atoms with Crippen LogP contribution in [0.3, 0.4) is 0 Å². The van der Waals surface area contributed by atoms with Crippen molar-refractivity contribution < 1.29 is 9.59 Å². The first-order valence-electron chi connectivity index (χ1n) is 10.6. The van der Waals surface area contributed by atoms with E-state index in [1.165, 1.54) is 12.8 Å². The van der Waals surface area contributed by atoms with Crippen LogP contribution in [0.2, 0.25) is 0 Å². The monoisotopic (exact) mass is 368 g/mol. The number of carbonyl (C=O) groups excluding carboxylic acids is 2. The molecule has 1 spiro atoms. The fourth-order valence-corrected chi connectivity index (χ4v) is 5.04. The van der Waals surface area contributed by atoms with Gasteiger partial charge in [-0.1, -0.05) is 44.2 Å². The molecule has 1 aromatic carbocycles. The molecule has 2 saturated heterocycles. The predicted octanol–water partition coefficient (Wildman–Crippen LogP) is 3.82. The maximum atomic E-state index is 13.3. The Balaban J connectivity index is 1.42. The van der Waals surface area contributed by atoms with Crippen molar-refractivity contribution >= 4 is 11.8 Å². The van der Waals surface area contributed by atoms with Gasteiger partial charge in [-0.3, -0.25) is 9.59 Å². The number of piperidine rings is 2. The van der Waals surface area contributed by atoms with Crippen molar-refractivity contribution in [2.45, 2.75) is 64.3 Å². The molecule has 0 N–H and O–H groups in total. The van der Waals surface area contributed by atoms with Gasteiger partial charge in [-0.25, -0.2) is 0 Å². The van der Waals surface area contributed by atoms with E-state index < -0.39 is 0 Å². The van der Waals surface area contributed by atoms with Crippen LogP contribution in [0.4, 0.5) is 0 Å². The third-order valence-electron chi connectivity index (χ3n) is 6.91. The lowest BCUT2D eigenvalue weighted by atomic mass is 9.72. The molecule has 2 amide bonds. The molecule has 2 heterocycles. The van der Waals surface area contributed by atoms with E-state index in [-0.39, 0.29) is 23.2 Å². The zero-order chi connectivity index (χ0) is 19.0. The second-order valence-electron chi connectivity index (χ2n) is 9.21. The second-order valence-corrected chi connectivity index (χ2v) is 9.21. The predicted molar refractivity (Wildman–Crippen MR) is 106 cm³/mol. The summed E-state index contributed by atoms with van der Waals surface area (Å²) in [7, 11) is 0. The molecule has 146 valence electrons. The second kappa shape index (κ2) is 7.29. The van der Waals surface area contributed by atoms with Gasteiger partial charge in [-0.05, 0) is 49.0 Å². The van der Waals surface area contributed by atoms with Crippen LogP contribution in [0.25, 0.3) is 0 Å². The molecule has 4 rings (SSSR count). The van der Waals surface area contributed by atoms with Gasteiger partial charge in [0.1, 0.15) is 0 Å². The Labute approximate surface area is 162 Å². The smallest absolute Gasteiger partial charge is 0.230 e. The first-order valence-corrected chi connectivity index (χ1v) is 10.6. The lowest BCUT2D eigenvalue weighted by Crippen LogP contribution is -2.53. The van der Waals surface area contributed by atoms with Crippen molar-refractivity contribution in [1.29, 1.82) is 0 Å². The largest absolute Gasteiger partial charge is 0.342 e. The van der Waals surface area contributed by atoms with Crippen molar-refractivity contribution in [1.82, 2.24) is 9.80 Å². The molecule has 0 aromatic heterocycles. The molecule has 4 heteroatoms. The highest BCUT2D eigenvalue weighted by Gasteiger charge is 2.46. The molecule has 0 radical (unpaired) electrons. The maximum absolute atomic E-state index is 13.3. The van der Waals surface area contributed by atoms with Gasteiger partial charge in [-0.2, -0.15) is 0 Å². The number of hydrogen-bond acceptors (Lipinski definition) is 2. The quantitative estimate of drug-likeness (QED) is 0.811. The van der Waals surface area contributed by atoms with Crippen LogP contribution in [0.1, 0.15) is 63.9 Å². The summed E-state index contributed by atoms with van der Waals surface area (Å²) in [6, 6.07) is 10.7. The zero-order valence-corrected chi connectivity index (χ0v) is 16.7. The van der Waals surface area contributed by atoms with E-state index in [4.69, 9.17) is 0 Å². The molecule has 2 aliphatic heterocycles. The zero-order valence-electron chi connectivity index (χ0n) is 16.7. The van der Waals surface area contributed by atoms with E-state index in [1.54, 1.807) is 0 Å². The van der Waals surface area contributed by atoms with Gasteiger partial charge in [0, 0.05) is 32.1 Å². The molecule has 3 aliphatic rings. The minimum atomic E-state index is -0.0591. The normalized spacial score (nSPS) is 23.7. The average molecular weight is 369 g/mol. The van der Waals surface area contributed by atoms with Gasteiger partial charge in [-0.15, -0.1) is 0 Å². The molecular weight excluding hydrogens is 336 g/mol. The molecule has 1 saturated carbocycles. The Morgan fingerprint density at radius 1 is 1.07 bits per heavy atom. The molecule has 1 aliphatic carbocycles. The number of amides is 2. The lowest BCUT2D eigenvalue weighted by molar-refractivity contribution is -0.144. The van der Waals surface area contributed by atoms with E-state index in [1.807, 2.05) is 18.2 Å². The van der Waals surface area contributed by atoms with Crippen LogP contribution >= 0.6 is 0 Å². The fraction of sp³-hybridized carbons (Fsp3) is 0.652. The van der Waals surface area contributed by atoms with E-state index in [0.717, 1.165) is 44.5 Å². The summed E-state index contributed by atoms with van der Waals surface area (Å²) < 4.78 is 0. The van der Waals surface area contributed by atoms with E-state index in [0.29, 0.717) is 18.4 Å². The summed E-state index contributed by atoms with van der Waals surface area (Å²) in [5.41, 5.74) is 1.37. The minimum absolute atomic E-state index is 0.0591. The van der Waals surface area contributed by atoms with Crippen molar-refractivity contribution in [3.8, 4) is 0 Å². The average Bonchev–Trinajstić information content (AvgIpc) is 3.50. The molecule has 0 bridgehead atoms. The van der Waals surface area contributed by atoms with Crippen LogP contribution in [0.5, 0.6) is 0 Å². The van der Waals surface area contributed by atoms with Crippen LogP contribution in [-0.2, 0) is 9.59 Å². The summed E-state index contributed by atoms with van der Waals surface area (Å²) in [4.78, 5) is 29.8. The van der Waals surface area contributed by atoms with Gasteiger partial charge < -0.3 is 9.80 Å². The van der Waals surface area contributed by atoms with Gasteiger partial charge in [0.05, 0.1) is 5.92 Å². The van der Waals surface area contributed by atoms with Gasteiger partial charge in [0.15, 0.2) is 0 Å². The topological polar surface area (TPSA) is 40.6 Å². The Morgan fingerprint density at radius 2 is 1.74 bits per heavy atom. The number of likely N-dealkylation sites (tertiary alicyclic amines) is 2. The maximum Gasteiger partial charge on any atom is 0.230 e. The molecule has 1 aromatic rings. The van der Waals surface area contributed by atoms with E-state index >= 15 is 0 Å². The third-order valence-corrected chi connectivity index (χ3v) is 6.91. The van der Waals surface area contributed by atoms with Crippen LogP contribution in [0.15, 0.2) is 30.3 Å². The Morgan fingerprint density at radius 3 is 2.33 bits per heavy atom. The first-order chi connectivity index (χ1) is 13.0. The number of hydrogen-bond donors (Lipinski definition) is 0.